The Hall–Kier alpha value is -0.963. The highest BCUT2D eigenvalue weighted by atomic mass is 28.4. The minimum Gasteiger partial charge on any atom is -0.543 e. The third-order valence-electron chi connectivity index (χ3n) is 3.51. The van der Waals surface area contributed by atoms with E-state index in [1.54, 1.807) is 0 Å². The summed E-state index contributed by atoms with van der Waals surface area (Å²) in [6, 6.07) is 8.31. The van der Waals surface area contributed by atoms with Crippen molar-refractivity contribution in [1.82, 2.24) is 0 Å². The van der Waals surface area contributed by atoms with E-state index >= 15 is 0 Å². The van der Waals surface area contributed by atoms with Gasteiger partial charge in [0.15, 0.2) is 0 Å². The summed E-state index contributed by atoms with van der Waals surface area (Å²) in [6.07, 6.45) is 0. The van der Waals surface area contributed by atoms with Gasteiger partial charge in [0.2, 0.25) is 8.32 Å². The quantitative estimate of drug-likeness (QED) is 0.749. The van der Waals surface area contributed by atoms with Crippen molar-refractivity contribution in [2.45, 2.75) is 38.9 Å². The summed E-state index contributed by atoms with van der Waals surface area (Å²) >= 11 is 0. The fraction of sp³-hybridized carbons (Fsp3) is 0.571. The standard InChI is InChI=1S/C14H25NOSi/c1-14(2,3)17(6,7)16-13-10-8-9-12(11-13)15(4)5/h8-11H,1-7H3. The third-order valence-corrected chi connectivity index (χ3v) is 7.87. The van der Waals surface area contributed by atoms with Gasteiger partial charge in [0.1, 0.15) is 5.75 Å². The smallest absolute Gasteiger partial charge is 0.250 e. The third kappa shape index (κ3) is 3.50. The predicted octanol–water partition coefficient (Wildman–Crippen LogP) is 4.14. The number of hydrogen-bond acceptors (Lipinski definition) is 2. The Morgan fingerprint density at radius 1 is 1.12 bits per heavy atom. The molecule has 2 nitrogen and oxygen atoms in total. The van der Waals surface area contributed by atoms with E-state index in [9.17, 15) is 0 Å². The number of benzene rings is 1. The van der Waals surface area contributed by atoms with Crippen LogP contribution in [0.25, 0.3) is 0 Å². The Labute approximate surface area is 107 Å². The maximum atomic E-state index is 6.27. The lowest BCUT2D eigenvalue weighted by Crippen LogP contribution is -2.43. The summed E-state index contributed by atoms with van der Waals surface area (Å²) in [4.78, 5) is 2.10. The van der Waals surface area contributed by atoms with Gasteiger partial charge in [-0.1, -0.05) is 26.8 Å². The Balaban J connectivity index is 2.92. The molecule has 0 fully saturated rings. The van der Waals surface area contributed by atoms with Crippen LogP contribution in [0.1, 0.15) is 20.8 Å². The molecule has 0 radical (unpaired) electrons. The zero-order chi connectivity index (χ0) is 13.3. The molecule has 0 aliphatic rings. The number of hydrogen-bond donors (Lipinski definition) is 0. The number of anilines is 1. The van der Waals surface area contributed by atoms with Gasteiger partial charge in [0.05, 0.1) is 0 Å². The molecule has 1 aromatic rings. The van der Waals surface area contributed by atoms with Crippen molar-refractivity contribution in [2.24, 2.45) is 0 Å². The van der Waals surface area contributed by atoms with Crippen LogP contribution in [0.15, 0.2) is 24.3 Å². The van der Waals surface area contributed by atoms with E-state index < -0.39 is 8.32 Å². The van der Waals surface area contributed by atoms with Crippen molar-refractivity contribution in [3.63, 3.8) is 0 Å². The summed E-state index contributed by atoms with van der Waals surface area (Å²) in [5.74, 6) is 0.989. The second-order valence-corrected chi connectivity index (χ2v) is 11.0. The molecular formula is C14H25NOSi. The van der Waals surface area contributed by atoms with Crippen LogP contribution in [0.3, 0.4) is 0 Å². The average Bonchev–Trinajstić information content (AvgIpc) is 2.15. The van der Waals surface area contributed by atoms with Gasteiger partial charge in [-0.2, -0.15) is 0 Å². The Morgan fingerprint density at radius 2 is 1.71 bits per heavy atom. The molecule has 0 saturated carbocycles. The first-order valence-corrected chi connectivity index (χ1v) is 9.01. The van der Waals surface area contributed by atoms with Crippen LogP contribution >= 0.6 is 0 Å². The topological polar surface area (TPSA) is 12.5 Å². The molecule has 0 heterocycles. The van der Waals surface area contributed by atoms with Crippen molar-refractivity contribution < 1.29 is 4.43 Å². The Bertz CT molecular complexity index is 380. The average molecular weight is 251 g/mol. The lowest BCUT2D eigenvalue weighted by atomic mass is 10.2. The zero-order valence-corrected chi connectivity index (χ0v) is 13.2. The van der Waals surface area contributed by atoms with Gasteiger partial charge in [-0.15, -0.1) is 0 Å². The van der Waals surface area contributed by atoms with Crippen LogP contribution in [0.5, 0.6) is 5.75 Å². The summed E-state index contributed by atoms with van der Waals surface area (Å²) in [7, 11) is 2.37. The molecule has 17 heavy (non-hydrogen) atoms. The SMILES string of the molecule is CN(C)c1cccc(O[Si](C)(C)C(C)(C)C)c1. The molecule has 96 valence electrons. The van der Waals surface area contributed by atoms with Crippen molar-refractivity contribution in [3.8, 4) is 5.75 Å². The molecular weight excluding hydrogens is 226 g/mol. The summed E-state index contributed by atoms with van der Waals surface area (Å²) in [6.45, 7) is 11.3. The normalized spacial score (nSPS) is 12.4. The van der Waals surface area contributed by atoms with Crippen molar-refractivity contribution in [2.75, 3.05) is 19.0 Å². The van der Waals surface area contributed by atoms with Gasteiger partial charge in [0, 0.05) is 25.8 Å². The Morgan fingerprint density at radius 3 is 2.18 bits per heavy atom. The summed E-state index contributed by atoms with van der Waals surface area (Å²) in [5, 5.41) is 0.237. The lowest BCUT2D eigenvalue weighted by molar-refractivity contribution is 0.492. The second-order valence-electron chi connectivity index (χ2n) is 6.25. The minimum absolute atomic E-state index is 0.237. The highest BCUT2D eigenvalue weighted by molar-refractivity contribution is 6.74. The lowest BCUT2D eigenvalue weighted by Gasteiger charge is -2.36. The minimum atomic E-state index is -1.72. The summed E-state index contributed by atoms with van der Waals surface area (Å²) < 4.78 is 6.27. The van der Waals surface area contributed by atoms with Gasteiger partial charge in [0.25, 0.3) is 0 Å². The number of rotatable bonds is 3. The van der Waals surface area contributed by atoms with Crippen molar-refractivity contribution in [1.29, 1.82) is 0 Å². The van der Waals surface area contributed by atoms with Crippen LogP contribution < -0.4 is 9.33 Å². The number of nitrogens with zero attached hydrogens (tertiary/aromatic N) is 1. The van der Waals surface area contributed by atoms with Crippen molar-refractivity contribution in [3.05, 3.63) is 24.3 Å². The highest BCUT2D eigenvalue weighted by Crippen LogP contribution is 2.37. The van der Waals surface area contributed by atoms with Crippen molar-refractivity contribution >= 4 is 14.0 Å². The molecule has 0 N–H and O–H groups in total. The molecule has 0 atom stereocenters. The van der Waals surface area contributed by atoms with Gasteiger partial charge < -0.3 is 9.33 Å². The van der Waals surface area contributed by atoms with E-state index in [4.69, 9.17) is 4.43 Å². The van der Waals surface area contributed by atoms with E-state index in [0.29, 0.717) is 0 Å². The van der Waals surface area contributed by atoms with Crippen LogP contribution in [-0.4, -0.2) is 22.4 Å². The summed E-state index contributed by atoms with van der Waals surface area (Å²) in [5.41, 5.74) is 1.18. The van der Waals surface area contributed by atoms with E-state index in [0.717, 1.165) is 5.75 Å². The molecule has 3 heteroatoms. The molecule has 0 aliphatic carbocycles. The maximum absolute atomic E-state index is 6.27. The molecule has 0 aromatic heterocycles. The molecule has 0 unspecified atom stereocenters. The molecule has 0 bridgehead atoms. The van der Waals surface area contributed by atoms with Crippen LogP contribution in [-0.2, 0) is 0 Å². The molecule has 0 saturated heterocycles. The second kappa shape index (κ2) is 4.73. The van der Waals surface area contributed by atoms with E-state index in [2.05, 4.69) is 57.0 Å². The van der Waals surface area contributed by atoms with Gasteiger partial charge in [-0.25, -0.2) is 0 Å². The monoisotopic (exact) mass is 251 g/mol. The maximum Gasteiger partial charge on any atom is 0.250 e. The van der Waals surface area contributed by atoms with E-state index in [1.165, 1.54) is 5.69 Å². The molecule has 0 amide bonds. The van der Waals surface area contributed by atoms with E-state index in [1.807, 2.05) is 20.2 Å². The van der Waals surface area contributed by atoms with Gasteiger partial charge in [-0.3, -0.25) is 0 Å². The first-order chi connectivity index (χ1) is 7.63. The first-order valence-electron chi connectivity index (χ1n) is 6.10. The van der Waals surface area contributed by atoms with Gasteiger partial charge in [-0.05, 0) is 30.3 Å². The van der Waals surface area contributed by atoms with E-state index in [-0.39, 0.29) is 5.04 Å². The molecule has 1 aromatic carbocycles. The van der Waals surface area contributed by atoms with Crippen LogP contribution in [0, 0.1) is 0 Å². The fourth-order valence-electron chi connectivity index (χ4n) is 1.27. The molecule has 0 spiro atoms. The molecule has 0 aliphatic heterocycles. The Kier molecular flexibility index (Phi) is 3.92. The molecule has 1 rings (SSSR count). The first kappa shape index (κ1) is 14.1. The van der Waals surface area contributed by atoms with Gasteiger partial charge >= 0.3 is 0 Å². The van der Waals surface area contributed by atoms with Crippen LogP contribution in [0.2, 0.25) is 18.1 Å². The fourth-order valence-corrected chi connectivity index (χ4v) is 2.30. The predicted molar refractivity (Wildman–Crippen MR) is 78.6 cm³/mol. The zero-order valence-electron chi connectivity index (χ0n) is 12.2. The largest absolute Gasteiger partial charge is 0.543 e. The van der Waals surface area contributed by atoms with Crippen LogP contribution in [0.4, 0.5) is 5.69 Å². The highest BCUT2D eigenvalue weighted by Gasteiger charge is 2.38.